The first kappa shape index (κ1) is 23.8. The number of carbonyl (C=O) groups excluding carboxylic acids is 2. The number of hydrogen-bond donors (Lipinski definition) is 2. The van der Waals surface area contributed by atoms with Crippen molar-refractivity contribution in [3.8, 4) is 11.1 Å². The maximum Gasteiger partial charge on any atom is 0.407 e. The van der Waals surface area contributed by atoms with E-state index < -0.39 is 18.1 Å². The van der Waals surface area contributed by atoms with Crippen LogP contribution >= 0.6 is 0 Å². The topological polar surface area (TPSA) is 95.9 Å². The van der Waals surface area contributed by atoms with Crippen LogP contribution in [0.4, 0.5) is 4.79 Å². The highest BCUT2D eigenvalue weighted by atomic mass is 16.5. The van der Waals surface area contributed by atoms with Crippen LogP contribution in [-0.2, 0) is 14.3 Å². The van der Waals surface area contributed by atoms with Crippen molar-refractivity contribution in [2.75, 3.05) is 13.2 Å². The second-order valence-electron chi connectivity index (χ2n) is 9.16. The molecule has 2 unspecified atom stereocenters. The van der Waals surface area contributed by atoms with Crippen LogP contribution in [-0.4, -0.2) is 53.2 Å². The number of amides is 2. The van der Waals surface area contributed by atoms with Crippen LogP contribution in [0.25, 0.3) is 11.1 Å². The number of aliphatic carboxylic acids is 1. The summed E-state index contributed by atoms with van der Waals surface area (Å²) in [5.74, 6) is -0.881. The molecule has 2 N–H and O–H groups in total. The lowest BCUT2D eigenvalue weighted by Crippen LogP contribution is -2.52. The van der Waals surface area contributed by atoms with Gasteiger partial charge in [-0.15, -0.1) is 0 Å². The molecule has 7 heteroatoms. The van der Waals surface area contributed by atoms with Crippen molar-refractivity contribution in [2.45, 2.75) is 57.5 Å². The summed E-state index contributed by atoms with van der Waals surface area (Å²) in [6.07, 6.45) is 1.28. The minimum absolute atomic E-state index is 0.0201. The monoisotopic (exact) mass is 464 g/mol. The molecule has 1 fully saturated rings. The first-order chi connectivity index (χ1) is 16.4. The summed E-state index contributed by atoms with van der Waals surface area (Å²) in [6, 6.07) is 15.3. The second-order valence-corrected chi connectivity index (χ2v) is 9.16. The normalized spacial score (nSPS) is 16.2. The molecule has 0 bridgehead atoms. The lowest BCUT2D eigenvalue weighted by molar-refractivity contribution is -0.138. The Morgan fingerprint density at radius 1 is 1.06 bits per heavy atom. The van der Waals surface area contributed by atoms with Crippen LogP contribution < -0.4 is 5.32 Å². The number of ether oxygens (including phenoxy) is 1. The molecule has 2 aromatic rings. The Balaban J connectivity index is 1.44. The second kappa shape index (κ2) is 10.3. The van der Waals surface area contributed by atoms with Gasteiger partial charge in [-0.05, 0) is 61.3 Å². The molecule has 0 heterocycles. The van der Waals surface area contributed by atoms with Crippen molar-refractivity contribution in [3.63, 3.8) is 0 Å². The molecule has 2 aromatic carbocycles. The molecule has 2 atom stereocenters. The number of carbonyl (C=O) groups is 3. The molecule has 0 aromatic heterocycles. The van der Waals surface area contributed by atoms with Crippen LogP contribution in [0, 0.1) is 5.92 Å². The van der Waals surface area contributed by atoms with E-state index in [0.29, 0.717) is 12.5 Å². The summed E-state index contributed by atoms with van der Waals surface area (Å²) in [5.41, 5.74) is 4.47. The molecule has 2 aliphatic rings. The number of hydrogen-bond acceptors (Lipinski definition) is 4. The Kier molecular flexibility index (Phi) is 7.20. The van der Waals surface area contributed by atoms with Gasteiger partial charge in [0.05, 0.1) is 0 Å². The van der Waals surface area contributed by atoms with E-state index in [1.807, 2.05) is 50.2 Å². The van der Waals surface area contributed by atoms with Crippen molar-refractivity contribution < 1.29 is 24.2 Å². The Morgan fingerprint density at radius 3 is 2.18 bits per heavy atom. The number of fused-ring (bicyclic) bond motifs is 3. The summed E-state index contributed by atoms with van der Waals surface area (Å²) in [5, 5.41) is 11.8. The third kappa shape index (κ3) is 5.08. The summed E-state index contributed by atoms with van der Waals surface area (Å²) in [4.78, 5) is 38.9. The summed E-state index contributed by atoms with van der Waals surface area (Å²) in [6.45, 7) is 4.56. The fourth-order valence-electron chi connectivity index (χ4n) is 4.99. The molecule has 2 amide bonds. The van der Waals surface area contributed by atoms with Gasteiger partial charge in [0.25, 0.3) is 0 Å². The van der Waals surface area contributed by atoms with Gasteiger partial charge in [0.15, 0.2) is 0 Å². The average Bonchev–Trinajstić information content (AvgIpc) is 3.64. The lowest BCUT2D eigenvalue weighted by Gasteiger charge is -2.32. The van der Waals surface area contributed by atoms with Gasteiger partial charge in [0.2, 0.25) is 5.91 Å². The van der Waals surface area contributed by atoms with Gasteiger partial charge in [0.1, 0.15) is 12.6 Å². The number of alkyl carbamates (subject to hydrolysis) is 1. The molecular weight excluding hydrogens is 432 g/mol. The van der Waals surface area contributed by atoms with E-state index in [1.54, 1.807) is 4.90 Å². The molecule has 7 nitrogen and oxygen atoms in total. The van der Waals surface area contributed by atoms with Gasteiger partial charge in [-0.1, -0.05) is 48.5 Å². The highest BCUT2D eigenvalue weighted by Gasteiger charge is 2.37. The van der Waals surface area contributed by atoms with E-state index in [4.69, 9.17) is 9.84 Å². The Hall–Kier alpha value is -3.35. The third-order valence-electron chi connectivity index (χ3n) is 7.00. The zero-order valence-corrected chi connectivity index (χ0v) is 19.7. The van der Waals surface area contributed by atoms with E-state index >= 15 is 0 Å². The maximum atomic E-state index is 13.2. The average molecular weight is 465 g/mol. The molecule has 2 aliphatic carbocycles. The van der Waals surface area contributed by atoms with Crippen molar-refractivity contribution in [1.82, 2.24) is 10.2 Å². The molecule has 0 saturated heterocycles. The van der Waals surface area contributed by atoms with Crippen LogP contribution in [0.1, 0.15) is 56.6 Å². The standard InChI is InChI=1S/C27H32N2O5/c1-3-29(17(2)18-12-13-18)26(32)24(14-15-25(30)31)28-27(33)34-16-23-21-10-6-4-8-19(21)20-9-5-7-11-22(20)23/h4-11,17-18,23-24H,3,12-16H2,1-2H3,(H,28,33)(H,30,31). The predicted molar refractivity (Wildman–Crippen MR) is 128 cm³/mol. The van der Waals surface area contributed by atoms with E-state index in [2.05, 4.69) is 17.4 Å². The van der Waals surface area contributed by atoms with Crippen molar-refractivity contribution in [2.24, 2.45) is 5.92 Å². The molecule has 34 heavy (non-hydrogen) atoms. The molecule has 4 rings (SSSR count). The van der Waals surface area contributed by atoms with Gasteiger partial charge in [-0.25, -0.2) is 4.79 Å². The van der Waals surface area contributed by atoms with Gasteiger partial charge >= 0.3 is 12.1 Å². The minimum Gasteiger partial charge on any atom is -0.481 e. The highest BCUT2D eigenvalue weighted by Crippen LogP contribution is 2.44. The minimum atomic E-state index is -1.01. The van der Waals surface area contributed by atoms with Gasteiger partial charge in [0, 0.05) is 24.9 Å². The van der Waals surface area contributed by atoms with Gasteiger partial charge in [-0.2, -0.15) is 0 Å². The molecule has 1 saturated carbocycles. The Morgan fingerprint density at radius 2 is 1.65 bits per heavy atom. The SMILES string of the molecule is CCN(C(=O)C(CCC(=O)O)NC(=O)OCC1c2ccccc2-c2ccccc21)C(C)C1CC1. The number of carboxylic acid groups (broad SMARTS) is 1. The lowest BCUT2D eigenvalue weighted by atomic mass is 9.98. The quantitative estimate of drug-likeness (QED) is 0.543. The maximum absolute atomic E-state index is 13.2. The third-order valence-corrected chi connectivity index (χ3v) is 7.00. The van der Waals surface area contributed by atoms with Crippen molar-refractivity contribution in [1.29, 1.82) is 0 Å². The van der Waals surface area contributed by atoms with Crippen molar-refractivity contribution in [3.05, 3.63) is 59.7 Å². The predicted octanol–water partition coefficient (Wildman–Crippen LogP) is 4.41. The van der Waals surface area contributed by atoms with E-state index in [0.717, 1.165) is 35.1 Å². The van der Waals surface area contributed by atoms with Crippen molar-refractivity contribution >= 4 is 18.0 Å². The zero-order chi connectivity index (χ0) is 24.2. The highest BCUT2D eigenvalue weighted by molar-refractivity contribution is 5.86. The molecule has 180 valence electrons. The van der Waals surface area contributed by atoms with Crippen LogP contribution in [0.15, 0.2) is 48.5 Å². The van der Waals surface area contributed by atoms with Gasteiger partial charge < -0.3 is 20.1 Å². The smallest absolute Gasteiger partial charge is 0.407 e. The molecule has 0 radical (unpaired) electrons. The Labute approximate surface area is 200 Å². The molecular formula is C27H32N2O5. The first-order valence-electron chi connectivity index (χ1n) is 12.0. The number of nitrogens with one attached hydrogen (secondary N) is 1. The first-order valence-corrected chi connectivity index (χ1v) is 12.0. The van der Waals surface area contributed by atoms with E-state index in [1.165, 1.54) is 0 Å². The number of rotatable bonds is 10. The van der Waals surface area contributed by atoms with E-state index in [-0.39, 0.29) is 37.3 Å². The number of nitrogens with zero attached hydrogens (tertiary/aromatic N) is 1. The fraction of sp³-hybridized carbons (Fsp3) is 0.444. The number of likely N-dealkylation sites (N-methyl/N-ethyl adjacent to an activating group) is 1. The van der Waals surface area contributed by atoms with Crippen LogP contribution in [0.3, 0.4) is 0 Å². The van der Waals surface area contributed by atoms with Crippen LogP contribution in [0.5, 0.6) is 0 Å². The largest absolute Gasteiger partial charge is 0.481 e. The fourth-order valence-corrected chi connectivity index (χ4v) is 4.99. The zero-order valence-electron chi connectivity index (χ0n) is 19.7. The summed E-state index contributed by atoms with van der Waals surface area (Å²) < 4.78 is 5.59. The molecule has 0 spiro atoms. The summed E-state index contributed by atoms with van der Waals surface area (Å²) in [7, 11) is 0. The summed E-state index contributed by atoms with van der Waals surface area (Å²) >= 11 is 0. The molecule has 0 aliphatic heterocycles. The van der Waals surface area contributed by atoms with Gasteiger partial charge in [-0.3, -0.25) is 9.59 Å². The van der Waals surface area contributed by atoms with Crippen LogP contribution in [0.2, 0.25) is 0 Å². The Bertz CT molecular complexity index is 1020. The number of benzene rings is 2. The van der Waals surface area contributed by atoms with E-state index in [9.17, 15) is 14.4 Å². The number of carboxylic acids is 1.